The molecule has 250 valence electrons. The number of aryl methyl sites for hydroxylation is 1. The van der Waals surface area contributed by atoms with Crippen molar-refractivity contribution in [3.63, 3.8) is 0 Å². The van der Waals surface area contributed by atoms with Gasteiger partial charge in [-0.15, -0.1) is 0 Å². The summed E-state index contributed by atoms with van der Waals surface area (Å²) in [5.41, 5.74) is 1.15. The Morgan fingerprint density at radius 1 is 1.04 bits per heavy atom. The number of amides is 2. The van der Waals surface area contributed by atoms with Crippen molar-refractivity contribution in [3.8, 4) is 11.3 Å². The molecule has 5 rings (SSSR count). The number of anilines is 3. The van der Waals surface area contributed by atoms with Crippen LogP contribution in [-0.2, 0) is 10.2 Å². The van der Waals surface area contributed by atoms with E-state index >= 15 is 4.39 Å². The molecule has 0 radical (unpaired) electrons. The lowest BCUT2D eigenvalue weighted by atomic mass is 9.96. The van der Waals surface area contributed by atoms with E-state index in [1.54, 1.807) is 30.2 Å². The van der Waals surface area contributed by atoms with E-state index in [0.29, 0.717) is 59.8 Å². The van der Waals surface area contributed by atoms with Crippen LogP contribution in [-0.4, -0.2) is 73.8 Å². The fraction of sp³-hybridized carbons (Fsp3) is 0.469. The van der Waals surface area contributed by atoms with Gasteiger partial charge in [0.1, 0.15) is 28.6 Å². The number of aromatic nitrogens is 5. The quantitative estimate of drug-likeness (QED) is 0.238. The van der Waals surface area contributed by atoms with Gasteiger partial charge in [0, 0.05) is 43.2 Å². The third-order valence-corrected chi connectivity index (χ3v) is 8.35. The second-order valence-corrected chi connectivity index (χ2v) is 14.4. The van der Waals surface area contributed by atoms with Crippen molar-refractivity contribution in [3.05, 3.63) is 59.4 Å². The van der Waals surface area contributed by atoms with Crippen molar-refractivity contribution in [2.24, 2.45) is 0 Å². The number of hydrogen-bond acceptors (Lipinski definition) is 12. The van der Waals surface area contributed by atoms with Crippen molar-refractivity contribution in [1.29, 1.82) is 0 Å². The molecule has 1 aliphatic rings. The lowest BCUT2D eigenvalue weighted by Gasteiger charge is -2.35. The van der Waals surface area contributed by atoms with Gasteiger partial charge in [0.25, 0.3) is 0 Å². The first-order chi connectivity index (χ1) is 22.1. The zero-order valence-corrected chi connectivity index (χ0v) is 28.7. The molecular weight excluding hydrogens is 625 g/mol. The zero-order valence-electron chi connectivity index (χ0n) is 27.8. The minimum absolute atomic E-state index is 0.148. The summed E-state index contributed by atoms with van der Waals surface area (Å²) in [7, 11) is 0. The normalized spacial score (nSPS) is 14.6. The third kappa shape index (κ3) is 8.20. The Kier molecular flexibility index (Phi) is 9.48. The van der Waals surface area contributed by atoms with E-state index in [0.717, 1.165) is 10.6 Å². The summed E-state index contributed by atoms with van der Waals surface area (Å²) in [4.78, 5) is 46.3. The molecule has 2 N–H and O–H groups in total. The predicted molar refractivity (Wildman–Crippen MR) is 176 cm³/mol. The number of halogens is 1. The number of ether oxygens (including phenoxy) is 1. The molecule has 13 nitrogen and oxygen atoms in total. The molecule has 4 aromatic rings. The van der Waals surface area contributed by atoms with Gasteiger partial charge in [-0.2, -0.15) is 4.98 Å². The van der Waals surface area contributed by atoms with Crippen molar-refractivity contribution in [2.45, 2.75) is 72.4 Å². The maximum Gasteiger partial charge on any atom is 0.410 e. The number of benzene rings is 1. The van der Waals surface area contributed by atoms with E-state index in [1.807, 2.05) is 48.5 Å². The van der Waals surface area contributed by atoms with Crippen LogP contribution < -0.4 is 15.5 Å². The van der Waals surface area contributed by atoms with E-state index in [-0.39, 0.29) is 17.4 Å². The van der Waals surface area contributed by atoms with Crippen LogP contribution in [0.3, 0.4) is 0 Å². The zero-order chi connectivity index (χ0) is 34.1. The summed E-state index contributed by atoms with van der Waals surface area (Å²) in [5.74, 6) is -0.297. The Labute approximate surface area is 277 Å². The number of thiazole rings is 1. The van der Waals surface area contributed by atoms with Crippen LogP contribution in [0.25, 0.3) is 11.3 Å². The van der Waals surface area contributed by atoms with Crippen LogP contribution in [0.5, 0.6) is 0 Å². The van der Waals surface area contributed by atoms with Crippen LogP contribution >= 0.6 is 11.3 Å². The first-order valence-corrected chi connectivity index (χ1v) is 16.1. The molecular formula is C32H40FN9O4S. The Bertz CT molecular complexity index is 1750. The van der Waals surface area contributed by atoms with Crippen molar-refractivity contribution in [2.75, 3.05) is 36.4 Å². The summed E-state index contributed by atoms with van der Waals surface area (Å²) in [5, 5.41) is 11.5. The van der Waals surface area contributed by atoms with Crippen molar-refractivity contribution >= 4 is 39.3 Å². The minimum atomic E-state index is -0.538. The van der Waals surface area contributed by atoms with Crippen LogP contribution in [0.2, 0.25) is 0 Å². The summed E-state index contributed by atoms with van der Waals surface area (Å²) >= 11 is 1.46. The minimum Gasteiger partial charge on any atom is -0.444 e. The lowest BCUT2D eigenvalue weighted by molar-refractivity contribution is 0.0240. The summed E-state index contributed by atoms with van der Waals surface area (Å²) in [6.45, 7) is 17.3. The van der Waals surface area contributed by atoms with Crippen LogP contribution in [0, 0.1) is 12.7 Å². The third-order valence-electron chi connectivity index (χ3n) is 7.38. The molecule has 3 aromatic heterocycles. The molecule has 0 saturated carbocycles. The van der Waals surface area contributed by atoms with E-state index in [4.69, 9.17) is 9.26 Å². The standard InChI is InChI=1S/C32H40FN9O4S/c1-18-13-21(22(33)14-20(18)19(2)37-26(43)27-39-28(40-46-27)31(3,4)5)23-15-24(36-17-35-23)38-29-34-16-25(47-29)41-9-11-42(12-10-41)30(44)45-32(6,7)8/h13-17,19H,9-12H2,1-8H3,(H,37,43)(H,34,35,36,38)/t19-/m1/s1. The van der Waals surface area contributed by atoms with E-state index in [2.05, 4.69) is 40.6 Å². The summed E-state index contributed by atoms with van der Waals surface area (Å²) in [6, 6.07) is 4.22. The fourth-order valence-corrected chi connectivity index (χ4v) is 5.78. The molecule has 4 heterocycles. The largest absolute Gasteiger partial charge is 0.444 e. The fourth-order valence-electron chi connectivity index (χ4n) is 4.90. The molecule has 1 fully saturated rings. The van der Waals surface area contributed by atoms with Crippen LogP contribution in [0.15, 0.2) is 35.2 Å². The summed E-state index contributed by atoms with van der Waals surface area (Å²) in [6.07, 6.45) is 2.84. The summed E-state index contributed by atoms with van der Waals surface area (Å²) < 4.78 is 26.1. The SMILES string of the molecule is Cc1cc(-c2cc(Nc3ncc(N4CCN(C(=O)OC(C)(C)C)CC4)s3)ncn2)c(F)cc1[C@@H](C)NC(=O)c1nc(C(C)(C)C)no1. The van der Waals surface area contributed by atoms with Gasteiger partial charge >= 0.3 is 17.9 Å². The molecule has 47 heavy (non-hydrogen) atoms. The van der Waals surface area contributed by atoms with Gasteiger partial charge < -0.3 is 29.7 Å². The highest BCUT2D eigenvalue weighted by Gasteiger charge is 2.28. The van der Waals surface area contributed by atoms with Gasteiger partial charge in [0.05, 0.1) is 17.9 Å². The maximum absolute atomic E-state index is 15.5. The molecule has 0 unspecified atom stereocenters. The average molecular weight is 666 g/mol. The molecule has 15 heteroatoms. The molecule has 1 atom stereocenters. The average Bonchev–Trinajstić information content (AvgIpc) is 3.68. The monoisotopic (exact) mass is 665 g/mol. The van der Waals surface area contributed by atoms with Gasteiger partial charge in [-0.05, 0) is 57.9 Å². The van der Waals surface area contributed by atoms with Crippen molar-refractivity contribution < 1.29 is 23.2 Å². The van der Waals surface area contributed by atoms with E-state index in [1.165, 1.54) is 23.7 Å². The number of nitrogens with zero attached hydrogens (tertiary/aromatic N) is 7. The van der Waals surface area contributed by atoms with Gasteiger partial charge in [0.2, 0.25) is 0 Å². The van der Waals surface area contributed by atoms with Gasteiger partial charge in [-0.3, -0.25) is 4.79 Å². The van der Waals surface area contributed by atoms with Crippen molar-refractivity contribution in [1.82, 2.24) is 35.3 Å². The number of hydrogen-bond donors (Lipinski definition) is 2. The van der Waals surface area contributed by atoms with Crippen LogP contribution in [0.4, 0.5) is 25.1 Å². The smallest absolute Gasteiger partial charge is 0.410 e. The van der Waals surface area contributed by atoms with Gasteiger partial charge in [0.15, 0.2) is 11.0 Å². The van der Waals surface area contributed by atoms with Crippen LogP contribution in [0.1, 0.15) is 82.1 Å². The highest BCUT2D eigenvalue weighted by atomic mass is 32.1. The number of carbonyl (C=O) groups excluding carboxylic acids is 2. The Morgan fingerprint density at radius 3 is 2.43 bits per heavy atom. The molecule has 1 saturated heterocycles. The number of piperazine rings is 1. The molecule has 0 spiro atoms. The topological polar surface area (TPSA) is 152 Å². The second-order valence-electron chi connectivity index (χ2n) is 13.4. The highest BCUT2D eigenvalue weighted by molar-refractivity contribution is 7.19. The Morgan fingerprint density at radius 2 is 1.77 bits per heavy atom. The molecule has 0 aliphatic carbocycles. The van der Waals surface area contributed by atoms with Gasteiger partial charge in [-0.1, -0.05) is 37.3 Å². The van der Waals surface area contributed by atoms with E-state index < -0.39 is 23.4 Å². The molecule has 2 amide bonds. The second kappa shape index (κ2) is 13.2. The Balaban J connectivity index is 1.22. The number of nitrogens with one attached hydrogen (secondary N) is 2. The molecule has 1 aromatic carbocycles. The highest BCUT2D eigenvalue weighted by Crippen LogP contribution is 2.32. The Hall–Kier alpha value is -4.66. The first kappa shape index (κ1) is 33.7. The maximum atomic E-state index is 15.5. The predicted octanol–water partition coefficient (Wildman–Crippen LogP) is 6.02. The number of carbonyl (C=O) groups is 2. The first-order valence-electron chi connectivity index (χ1n) is 15.3. The molecule has 0 bridgehead atoms. The molecule has 1 aliphatic heterocycles. The van der Waals surface area contributed by atoms with E-state index in [9.17, 15) is 9.59 Å². The van der Waals surface area contributed by atoms with Gasteiger partial charge in [-0.25, -0.2) is 24.1 Å². The lowest BCUT2D eigenvalue weighted by Crippen LogP contribution is -2.49. The number of rotatable bonds is 7.